The Kier molecular flexibility index (Phi) is 2.97. The van der Waals surface area contributed by atoms with Crippen molar-refractivity contribution >= 4 is 17.4 Å². The van der Waals surface area contributed by atoms with Crippen LogP contribution in [0.15, 0.2) is 36.8 Å². The molecule has 6 nitrogen and oxygen atoms in total. The third-order valence-electron chi connectivity index (χ3n) is 2.73. The van der Waals surface area contributed by atoms with Crippen molar-refractivity contribution in [3.63, 3.8) is 0 Å². The van der Waals surface area contributed by atoms with E-state index < -0.39 is 0 Å². The molecule has 1 aromatic heterocycles. The van der Waals surface area contributed by atoms with Crippen LogP contribution >= 0.6 is 0 Å². The Morgan fingerprint density at radius 3 is 3.16 bits per heavy atom. The number of ether oxygens (including phenoxy) is 1. The maximum absolute atomic E-state index is 12.2. The molecule has 3 rings (SSSR count). The quantitative estimate of drug-likeness (QED) is 0.852. The fraction of sp³-hybridized carbons (Fsp3) is 0.154. The van der Waals surface area contributed by atoms with Crippen molar-refractivity contribution in [1.82, 2.24) is 9.97 Å². The molecule has 96 valence electrons. The van der Waals surface area contributed by atoms with Crippen molar-refractivity contribution < 1.29 is 9.53 Å². The highest BCUT2D eigenvalue weighted by molar-refractivity contribution is 6.06. The Bertz CT molecular complexity index is 601. The van der Waals surface area contributed by atoms with Gasteiger partial charge in [-0.25, -0.2) is 4.98 Å². The first-order valence-corrected chi connectivity index (χ1v) is 5.91. The third kappa shape index (κ3) is 2.33. The Morgan fingerprint density at radius 1 is 1.37 bits per heavy atom. The second kappa shape index (κ2) is 4.93. The minimum atomic E-state index is -0.263. The minimum absolute atomic E-state index is 0.263. The monoisotopic (exact) mass is 256 g/mol. The van der Waals surface area contributed by atoms with Crippen molar-refractivity contribution in [2.45, 2.75) is 0 Å². The molecule has 0 spiro atoms. The Hall–Kier alpha value is -2.63. The lowest BCUT2D eigenvalue weighted by Gasteiger charge is -2.21. The van der Waals surface area contributed by atoms with E-state index >= 15 is 0 Å². The van der Waals surface area contributed by atoms with Crippen molar-refractivity contribution in [3.8, 4) is 5.75 Å². The van der Waals surface area contributed by atoms with Gasteiger partial charge in [0.15, 0.2) is 11.6 Å². The van der Waals surface area contributed by atoms with E-state index in [4.69, 9.17) is 4.74 Å². The molecule has 0 radical (unpaired) electrons. The zero-order valence-electron chi connectivity index (χ0n) is 10.1. The summed E-state index contributed by atoms with van der Waals surface area (Å²) in [6, 6.07) is 5.41. The van der Waals surface area contributed by atoms with E-state index in [0.717, 1.165) is 12.2 Å². The number of fused-ring (bicyclic) bond motifs is 1. The number of carbonyl (C=O) groups excluding carboxylic acids is 1. The summed E-state index contributed by atoms with van der Waals surface area (Å²) in [6.45, 7) is 1.28. The summed E-state index contributed by atoms with van der Waals surface area (Å²) in [5, 5.41) is 5.88. The van der Waals surface area contributed by atoms with Crippen molar-refractivity contribution in [1.29, 1.82) is 0 Å². The van der Waals surface area contributed by atoms with Crippen molar-refractivity contribution in [3.05, 3.63) is 42.4 Å². The van der Waals surface area contributed by atoms with Gasteiger partial charge in [-0.2, -0.15) is 0 Å². The molecule has 2 N–H and O–H groups in total. The molecule has 6 heteroatoms. The molecule has 0 bridgehead atoms. The van der Waals surface area contributed by atoms with E-state index in [2.05, 4.69) is 20.6 Å². The van der Waals surface area contributed by atoms with Crippen LogP contribution in [0.3, 0.4) is 0 Å². The SMILES string of the molecule is O=C(Nc1cnccn1)c1cccc2c1OCCN2. The highest BCUT2D eigenvalue weighted by Crippen LogP contribution is 2.31. The number of aromatic nitrogens is 2. The molecule has 0 unspecified atom stereocenters. The lowest BCUT2D eigenvalue weighted by molar-refractivity contribution is 0.102. The first-order valence-electron chi connectivity index (χ1n) is 5.91. The van der Waals surface area contributed by atoms with Gasteiger partial charge in [0.25, 0.3) is 5.91 Å². The summed E-state index contributed by atoms with van der Waals surface area (Å²) in [5.74, 6) is 0.727. The summed E-state index contributed by atoms with van der Waals surface area (Å²) >= 11 is 0. The Balaban J connectivity index is 1.88. The summed E-state index contributed by atoms with van der Waals surface area (Å²) in [4.78, 5) is 20.1. The van der Waals surface area contributed by atoms with E-state index in [-0.39, 0.29) is 5.91 Å². The summed E-state index contributed by atoms with van der Waals surface area (Å²) in [6.07, 6.45) is 4.56. The van der Waals surface area contributed by atoms with Crippen LogP contribution in [-0.2, 0) is 0 Å². The van der Waals surface area contributed by atoms with Gasteiger partial charge in [-0.3, -0.25) is 9.78 Å². The number of nitrogens with one attached hydrogen (secondary N) is 2. The van der Waals surface area contributed by atoms with Gasteiger partial charge in [0.05, 0.1) is 17.4 Å². The second-order valence-electron chi connectivity index (χ2n) is 4.00. The lowest BCUT2D eigenvalue weighted by atomic mass is 10.1. The van der Waals surface area contributed by atoms with E-state index in [1.807, 2.05) is 12.1 Å². The van der Waals surface area contributed by atoms with Gasteiger partial charge >= 0.3 is 0 Å². The van der Waals surface area contributed by atoms with Gasteiger partial charge in [-0.15, -0.1) is 0 Å². The minimum Gasteiger partial charge on any atom is -0.489 e. The third-order valence-corrected chi connectivity index (χ3v) is 2.73. The summed E-state index contributed by atoms with van der Waals surface area (Å²) in [5.41, 5.74) is 1.31. The molecule has 1 amide bonds. The predicted molar refractivity (Wildman–Crippen MR) is 70.4 cm³/mol. The largest absolute Gasteiger partial charge is 0.489 e. The predicted octanol–water partition coefficient (Wildman–Crippen LogP) is 1.53. The molecule has 0 atom stereocenters. The molecule has 19 heavy (non-hydrogen) atoms. The number of benzene rings is 1. The van der Waals surface area contributed by atoms with Gasteiger partial charge in [0, 0.05) is 18.9 Å². The van der Waals surface area contributed by atoms with Crippen LogP contribution in [0, 0.1) is 0 Å². The molecule has 0 aliphatic carbocycles. The Labute approximate surface area is 109 Å². The number of hydrogen-bond acceptors (Lipinski definition) is 5. The number of nitrogens with zero attached hydrogens (tertiary/aromatic N) is 2. The molecule has 0 saturated heterocycles. The Morgan fingerprint density at radius 2 is 2.32 bits per heavy atom. The number of para-hydroxylation sites is 1. The van der Waals surface area contributed by atoms with Crippen LogP contribution < -0.4 is 15.4 Å². The van der Waals surface area contributed by atoms with Gasteiger partial charge in [-0.05, 0) is 12.1 Å². The molecule has 1 aliphatic heterocycles. The van der Waals surface area contributed by atoms with Crippen LogP contribution in [0.25, 0.3) is 0 Å². The smallest absolute Gasteiger partial charge is 0.260 e. The second-order valence-corrected chi connectivity index (χ2v) is 4.00. The highest BCUT2D eigenvalue weighted by Gasteiger charge is 2.19. The average Bonchev–Trinajstić information content (AvgIpc) is 2.47. The summed E-state index contributed by atoms with van der Waals surface area (Å²) < 4.78 is 5.55. The maximum Gasteiger partial charge on any atom is 0.260 e. The zero-order valence-corrected chi connectivity index (χ0v) is 10.1. The van der Waals surface area contributed by atoms with Gasteiger partial charge < -0.3 is 15.4 Å². The van der Waals surface area contributed by atoms with Gasteiger partial charge in [0.2, 0.25) is 0 Å². The fourth-order valence-electron chi connectivity index (χ4n) is 1.90. The molecule has 1 aliphatic rings. The molecule has 1 aromatic carbocycles. The molecule has 2 heterocycles. The number of hydrogen-bond donors (Lipinski definition) is 2. The van der Waals surface area contributed by atoms with E-state index in [0.29, 0.717) is 23.7 Å². The van der Waals surface area contributed by atoms with Crippen LogP contribution in [0.2, 0.25) is 0 Å². The first kappa shape index (κ1) is 11.5. The number of rotatable bonds is 2. The normalized spacial score (nSPS) is 12.8. The number of anilines is 2. The first-order chi connectivity index (χ1) is 9.34. The zero-order chi connectivity index (χ0) is 13.1. The average molecular weight is 256 g/mol. The molecule has 0 saturated carbocycles. The molecular formula is C13H12N4O2. The van der Waals surface area contributed by atoms with E-state index in [9.17, 15) is 4.79 Å². The van der Waals surface area contributed by atoms with Gasteiger partial charge in [-0.1, -0.05) is 6.07 Å². The molecular weight excluding hydrogens is 244 g/mol. The standard InChI is InChI=1S/C13H12N4O2/c18-13(17-11-8-14-4-5-16-11)9-2-1-3-10-12(9)19-7-6-15-10/h1-5,8,15H,6-7H2,(H,16,17,18). The van der Waals surface area contributed by atoms with E-state index in [1.54, 1.807) is 12.3 Å². The fourth-order valence-corrected chi connectivity index (χ4v) is 1.90. The number of carbonyl (C=O) groups is 1. The highest BCUT2D eigenvalue weighted by atomic mass is 16.5. The van der Waals surface area contributed by atoms with E-state index in [1.165, 1.54) is 12.4 Å². The molecule has 0 fully saturated rings. The van der Waals surface area contributed by atoms with Crippen LogP contribution in [0.5, 0.6) is 5.75 Å². The number of amides is 1. The van der Waals surface area contributed by atoms with Crippen LogP contribution in [-0.4, -0.2) is 29.0 Å². The van der Waals surface area contributed by atoms with Crippen molar-refractivity contribution in [2.24, 2.45) is 0 Å². The van der Waals surface area contributed by atoms with Crippen LogP contribution in [0.4, 0.5) is 11.5 Å². The molecule has 2 aromatic rings. The topological polar surface area (TPSA) is 76.1 Å². The van der Waals surface area contributed by atoms with Gasteiger partial charge in [0.1, 0.15) is 6.61 Å². The lowest BCUT2D eigenvalue weighted by Crippen LogP contribution is -2.22. The summed E-state index contributed by atoms with van der Waals surface area (Å²) in [7, 11) is 0. The maximum atomic E-state index is 12.2. The van der Waals surface area contributed by atoms with Crippen LogP contribution in [0.1, 0.15) is 10.4 Å². The van der Waals surface area contributed by atoms with Crippen molar-refractivity contribution in [2.75, 3.05) is 23.8 Å².